The van der Waals surface area contributed by atoms with Crippen molar-refractivity contribution in [2.45, 2.75) is 39.8 Å². The molecular formula is C26H27N3O2. The molecule has 0 aliphatic rings. The van der Waals surface area contributed by atoms with Crippen molar-refractivity contribution in [2.75, 3.05) is 0 Å². The van der Waals surface area contributed by atoms with Crippen LogP contribution in [0.2, 0.25) is 0 Å². The molecule has 2 aromatic carbocycles. The minimum Gasteiger partial charge on any atom is -0.383 e. The van der Waals surface area contributed by atoms with E-state index in [1.165, 1.54) is 5.56 Å². The fourth-order valence-electron chi connectivity index (χ4n) is 3.92. The topological polar surface area (TPSA) is 60.1 Å². The molecule has 0 aliphatic carbocycles. The van der Waals surface area contributed by atoms with Crippen molar-refractivity contribution in [1.82, 2.24) is 14.1 Å². The fraction of sp³-hybridized carbons (Fsp3) is 0.231. The largest absolute Gasteiger partial charge is 0.383 e. The molecule has 0 radical (unpaired) electrons. The normalized spacial score (nSPS) is 13.2. The number of rotatable bonds is 5. The third-order valence-corrected chi connectivity index (χ3v) is 5.80. The van der Waals surface area contributed by atoms with Crippen LogP contribution in [0.3, 0.4) is 0 Å². The van der Waals surface area contributed by atoms with Gasteiger partial charge in [0, 0.05) is 18.1 Å². The highest BCUT2D eigenvalue weighted by Crippen LogP contribution is 2.25. The third-order valence-electron chi connectivity index (χ3n) is 5.80. The number of benzene rings is 2. The second-order valence-corrected chi connectivity index (χ2v) is 8.13. The molecule has 0 spiro atoms. The van der Waals surface area contributed by atoms with Gasteiger partial charge in [0.1, 0.15) is 6.10 Å². The highest BCUT2D eigenvalue weighted by Gasteiger charge is 2.19. The molecule has 0 aliphatic heterocycles. The second-order valence-electron chi connectivity index (χ2n) is 8.13. The highest BCUT2D eigenvalue weighted by atomic mass is 16.3. The van der Waals surface area contributed by atoms with Crippen LogP contribution in [-0.2, 0) is 0 Å². The van der Waals surface area contributed by atoms with Gasteiger partial charge >= 0.3 is 0 Å². The summed E-state index contributed by atoms with van der Waals surface area (Å²) in [5, 5.41) is 11.0. The summed E-state index contributed by atoms with van der Waals surface area (Å²) < 4.78 is 3.64. The second kappa shape index (κ2) is 8.36. The fourth-order valence-corrected chi connectivity index (χ4v) is 3.92. The van der Waals surface area contributed by atoms with Gasteiger partial charge in [0.15, 0.2) is 0 Å². The molecule has 31 heavy (non-hydrogen) atoms. The number of hydrogen-bond donors (Lipinski definition) is 1. The summed E-state index contributed by atoms with van der Waals surface area (Å²) in [6, 6.07) is 17.3. The Bertz CT molecular complexity index is 1270. The maximum atomic E-state index is 13.2. The smallest absolute Gasteiger partial charge is 0.257 e. The zero-order chi connectivity index (χ0) is 22.1. The molecule has 0 bridgehead atoms. The van der Waals surface area contributed by atoms with Crippen molar-refractivity contribution in [1.29, 1.82) is 0 Å². The molecule has 4 rings (SSSR count). The van der Waals surface area contributed by atoms with Crippen LogP contribution in [0.5, 0.6) is 0 Å². The first kappa shape index (κ1) is 20.8. The van der Waals surface area contributed by atoms with Gasteiger partial charge in [-0.25, -0.2) is 4.98 Å². The van der Waals surface area contributed by atoms with E-state index in [2.05, 4.69) is 4.98 Å². The molecule has 2 atom stereocenters. The monoisotopic (exact) mass is 413 g/mol. The number of aromatic nitrogens is 3. The lowest BCUT2D eigenvalue weighted by Crippen LogP contribution is -2.28. The van der Waals surface area contributed by atoms with Crippen molar-refractivity contribution in [3.05, 3.63) is 117 Å². The van der Waals surface area contributed by atoms with Gasteiger partial charge in [0.25, 0.3) is 5.56 Å². The number of imidazole rings is 1. The Morgan fingerprint density at radius 1 is 0.968 bits per heavy atom. The SMILES string of the molecule is Cc1ccc(C(C)n2cccc(C(O)c3ccc(-n4cnc(C)c4)c(C)c3)c2=O)cc1. The van der Waals surface area contributed by atoms with E-state index < -0.39 is 6.10 Å². The average molecular weight is 414 g/mol. The van der Waals surface area contributed by atoms with Gasteiger partial charge in [0.2, 0.25) is 0 Å². The molecule has 0 fully saturated rings. The maximum absolute atomic E-state index is 13.2. The van der Waals surface area contributed by atoms with Crippen molar-refractivity contribution in [2.24, 2.45) is 0 Å². The molecular weight excluding hydrogens is 386 g/mol. The Morgan fingerprint density at radius 3 is 2.32 bits per heavy atom. The van der Waals surface area contributed by atoms with E-state index in [1.54, 1.807) is 23.2 Å². The predicted octanol–water partition coefficient (Wildman–Crippen LogP) is 4.65. The van der Waals surface area contributed by atoms with Crippen LogP contribution >= 0.6 is 0 Å². The minimum atomic E-state index is -0.998. The lowest BCUT2D eigenvalue weighted by molar-refractivity contribution is 0.217. The third kappa shape index (κ3) is 4.09. The van der Waals surface area contributed by atoms with Crippen molar-refractivity contribution >= 4 is 0 Å². The molecule has 2 unspecified atom stereocenters. The molecule has 2 heterocycles. The molecule has 2 aromatic heterocycles. The predicted molar refractivity (Wildman–Crippen MR) is 123 cm³/mol. The van der Waals surface area contributed by atoms with E-state index in [4.69, 9.17) is 0 Å². The lowest BCUT2D eigenvalue weighted by atomic mass is 9.99. The van der Waals surface area contributed by atoms with E-state index in [0.29, 0.717) is 11.1 Å². The average Bonchev–Trinajstić information content (AvgIpc) is 3.19. The van der Waals surface area contributed by atoms with Crippen LogP contribution in [0.1, 0.15) is 52.6 Å². The highest BCUT2D eigenvalue weighted by molar-refractivity contribution is 5.45. The molecule has 1 N–H and O–H groups in total. The molecule has 0 amide bonds. The Labute approximate surface area is 182 Å². The van der Waals surface area contributed by atoms with E-state index in [1.807, 2.05) is 87.0 Å². The summed E-state index contributed by atoms with van der Waals surface area (Å²) >= 11 is 0. The van der Waals surface area contributed by atoms with Gasteiger partial charge < -0.3 is 14.2 Å². The van der Waals surface area contributed by atoms with Gasteiger partial charge in [-0.1, -0.05) is 42.0 Å². The first-order valence-corrected chi connectivity index (χ1v) is 10.4. The Morgan fingerprint density at radius 2 is 1.68 bits per heavy atom. The Hall–Kier alpha value is -3.44. The quantitative estimate of drug-likeness (QED) is 0.518. The molecule has 0 saturated heterocycles. The summed E-state index contributed by atoms with van der Waals surface area (Å²) in [4.78, 5) is 17.5. The number of aryl methyl sites for hydroxylation is 3. The van der Waals surface area contributed by atoms with E-state index in [-0.39, 0.29) is 11.6 Å². The van der Waals surface area contributed by atoms with Gasteiger partial charge in [0.05, 0.1) is 23.6 Å². The van der Waals surface area contributed by atoms with Gasteiger partial charge in [-0.3, -0.25) is 4.79 Å². The number of aliphatic hydroxyl groups is 1. The molecule has 4 aromatic rings. The van der Waals surface area contributed by atoms with E-state index >= 15 is 0 Å². The van der Waals surface area contributed by atoms with E-state index in [9.17, 15) is 9.90 Å². The maximum Gasteiger partial charge on any atom is 0.257 e. The van der Waals surface area contributed by atoms with Crippen molar-refractivity contribution < 1.29 is 5.11 Å². The molecule has 0 saturated carbocycles. The number of hydrogen-bond acceptors (Lipinski definition) is 3. The van der Waals surface area contributed by atoms with Crippen LogP contribution in [0, 0.1) is 20.8 Å². The molecule has 5 heteroatoms. The van der Waals surface area contributed by atoms with Gasteiger partial charge in [-0.2, -0.15) is 0 Å². The zero-order valence-electron chi connectivity index (χ0n) is 18.3. The first-order chi connectivity index (χ1) is 14.8. The summed E-state index contributed by atoms with van der Waals surface area (Å²) in [7, 11) is 0. The first-order valence-electron chi connectivity index (χ1n) is 10.4. The number of nitrogens with zero attached hydrogens (tertiary/aromatic N) is 3. The summed E-state index contributed by atoms with van der Waals surface area (Å²) in [5.41, 5.74) is 6.04. The van der Waals surface area contributed by atoms with Gasteiger partial charge in [-0.05, 0) is 62.6 Å². The Balaban J connectivity index is 1.67. The van der Waals surface area contributed by atoms with E-state index in [0.717, 1.165) is 22.5 Å². The van der Waals surface area contributed by atoms with Crippen molar-refractivity contribution in [3.8, 4) is 5.69 Å². The van der Waals surface area contributed by atoms with Crippen LogP contribution < -0.4 is 5.56 Å². The van der Waals surface area contributed by atoms with Gasteiger partial charge in [-0.15, -0.1) is 0 Å². The Kier molecular flexibility index (Phi) is 5.61. The minimum absolute atomic E-state index is 0.131. The standard InChI is InChI=1S/C26H27N3O2/c1-17-7-9-21(10-8-17)20(4)29-13-5-6-23(26(29)31)25(30)22-11-12-24(18(2)14-22)28-15-19(3)27-16-28/h5-16,20,25,30H,1-4H3. The summed E-state index contributed by atoms with van der Waals surface area (Å²) in [6.45, 7) is 7.97. The lowest BCUT2D eigenvalue weighted by Gasteiger charge is -2.19. The van der Waals surface area contributed by atoms with Crippen LogP contribution in [-0.4, -0.2) is 19.2 Å². The van der Waals surface area contributed by atoms with Crippen molar-refractivity contribution in [3.63, 3.8) is 0 Å². The zero-order valence-corrected chi connectivity index (χ0v) is 18.3. The van der Waals surface area contributed by atoms with Crippen LogP contribution in [0.4, 0.5) is 0 Å². The van der Waals surface area contributed by atoms with Crippen LogP contribution in [0.15, 0.2) is 78.1 Å². The number of pyridine rings is 1. The summed E-state index contributed by atoms with van der Waals surface area (Å²) in [5.74, 6) is 0. The molecule has 5 nitrogen and oxygen atoms in total. The number of aliphatic hydroxyl groups excluding tert-OH is 1. The summed E-state index contributed by atoms with van der Waals surface area (Å²) in [6.07, 6.45) is 4.51. The van der Waals surface area contributed by atoms with Crippen LogP contribution in [0.25, 0.3) is 5.69 Å². The molecule has 158 valence electrons.